The maximum Gasteiger partial charge on any atom is 0.315 e. The topological polar surface area (TPSA) is 87.7 Å². The molecule has 2 saturated carbocycles. The van der Waals surface area contributed by atoms with Crippen LogP contribution < -0.4 is 10.6 Å². The first kappa shape index (κ1) is 16.6. The summed E-state index contributed by atoms with van der Waals surface area (Å²) in [5.41, 5.74) is 0.0411. The number of hydrogen-bond donors (Lipinski definition) is 3. The van der Waals surface area contributed by atoms with Gasteiger partial charge in [-0.15, -0.1) is 0 Å². The van der Waals surface area contributed by atoms with Crippen molar-refractivity contribution in [2.45, 2.75) is 64.0 Å². The summed E-state index contributed by atoms with van der Waals surface area (Å²) < 4.78 is 5.88. The van der Waals surface area contributed by atoms with Crippen LogP contribution in [0.3, 0.4) is 0 Å². The SMILES string of the molecule is CC1(CNC(=O)NC2CCC(C(=O)O)CC2)CCOC1C1CC1. The molecule has 130 valence electrons. The molecule has 6 nitrogen and oxygen atoms in total. The Morgan fingerprint density at radius 2 is 1.87 bits per heavy atom. The van der Waals surface area contributed by atoms with Gasteiger partial charge in [0.25, 0.3) is 0 Å². The zero-order valence-corrected chi connectivity index (χ0v) is 13.8. The highest BCUT2D eigenvalue weighted by atomic mass is 16.5. The van der Waals surface area contributed by atoms with Crippen LogP contribution in [-0.4, -0.2) is 42.4 Å². The van der Waals surface area contributed by atoms with E-state index in [1.54, 1.807) is 0 Å². The standard InChI is InChI=1S/C17H28N2O4/c1-17(8-9-23-14(17)11-2-3-11)10-18-16(22)19-13-6-4-12(5-7-13)15(20)21/h11-14H,2-10H2,1H3,(H,20,21)(H2,18,19,22). The van der Waals surface area contributed by atoms with Crippen molar-refractivity contribution in [2.24, 2.45) is 17.3 Å². The van der Waals surface area contributed by atoms with Crippen LogP contribution in [0.25, 0.3) is 0 Å². The third kappa shape index (κ3) is 3.97. The lowest BCUT2D eigenvalue weighted by Gasteiger charge is -2.31. The second kappa shape index (κ2) is 6.67. The van der Waals surface area contributed by atoms with E-state index in [2.05, 4.69) is 17.6 Å². The summed E-state index contributed by atoms with van der Waals surface area (Å²) in [6.45, 7) is 3.64. The minimum atomic E-state index is -0.715. The average molecular weight is 324 g/mol. The molecular formula is C17H28N2O4. The molecule has 2 aliphatic carbocycles. The number of hydrogen-bond acceptors (Lipinski definition) is 3. The van der Waals surface area contributed by atoms with E-state index >= 15 is 0 Å². The molecule has 6 heteroatoms. The van der Waals surface area contributed by atoms with E-state index in [0.29, 0.717) is 25.3 Å². The summed E-state index contributed by atoms with van der Waals surface area (Å²) in [6, 6.07) is -0.0380. The second-order valence-corrected chi connectivity index (χ2v) is 7.75. The number of nitrogens with one attached hydrogen (secondary N) is 2. The Balaban J connectivity index is 1.40. The largest absolute Gasteiger partial charge is 0.481 e. The molecule has 1 heterocycles. The van der Waals surface area contributed by atoms with Gasteiger partial charge >= 0.3 is 12.0 Å². The molecule has 3 rings (SSSR count). The number of ether oxygens (including phenoxy) is 1. The van der Waals surface area contributed by atoms with Gasteiger partial charge in [0.05, 0.1) is 12.0 Å². The lowest BCUT2D eigenvalue weighted by atomic mass is 9.81. The lowest BCUT2D eigenvalue weighted by molar-refractivity contribution is -0.142. The Morgan fingerprint density at radius 1 is 1.17 bits per heavy atom. The number of rotatable bonds is 5. The number of carbonyl (C=O) groups is 2. The van der Waals surface area contributed by atoms with Crippen LogP contribution in [0.15, 0.2) is 0 Å². The highest BCUT2D eigenvalue weighted by Crippen LogP contribution is 2.47. The molecule has 2 amide bonds. The highest BCUT2D eigenvalue weighted by molar-refractivity contribution is 5.74. The van der Waals surface area contributed by atoms with Crippen LogP contribution in [-0.2, 0) is 9.53 Å². The fourth-order valence-corrected chi connectivity index (χ4v) is 4.06. The molecule has 2 unspecified atom stereocenters. The molecule has 0 aromatic carbocycles. The molecule has 23 heavy (non-hydrogen) atoms. The monoisotopic (exact) mass is 324 g/mol. The van der Waals surface area contributed by atoms with Crippen LogP contribution in [0.2, 0.25) is 0 Å². The molecule has 3 aliphatic rings. The lowest BCUT2D eigenvalue weighted by Crippen LogP contribution is -2.48. The molecule has 3 fully saturated rings. The maximum atomic E-state index is 12.1. The van der Waals surface area contributed by atoms with Crippen molar-refractivity contribution in [3.63, 3.8) is 0 Å². The zero-order valence-electron chi connectivity index (χ0n) is 13.8. The van der Waals surface area contributed by atoms with Gasteiger partial charge in [0.15, 0.2) is 0 Å². The summed E-state index contributed by atoms with van der Waals surface area (Å²) in [5, 5.41) is 15.0. The fourth-order valence-electron chi connectivity index (χ4n) is 4.06. The van der Waals surface area contributed by atoms with E-state index in [0.717, 1.165) is 25.9 Å². The number of carboxylic acids is 1. The van der Waals surface area contributed by atoms with Crippen molar-refractivity contribution in [3.05, 3.63) is 0 Å². The molecular weight excluding hydrogens is 296 g/mol. The van der Waals surface area contributed by atoms with Crippen LogP contribution in [0, 0.1) is 17.3 Å². The summed E-state index contributed by atoms with van der Waals surface area (Å²) in [6.07, 6.45) is 6.57. The van der Waals surface area contributed by atoms with Gasteiger partial charge in [0, 0.05) is 24.6 Å². The predicted octanol–water partition coefficient (Wildman–Crippen LogP) is 2.13. The first-order valence-corrected chi connectivity index (χ1v) is 8.87. The first-order valence-electron chi connectivity index (χ1n) is 8.87. The molecule has 0 bridgehead atoms. The van der Waals surface area contributed by atoms with E-state index < -0.39 is 5.97 Å². The number of aliphatic carboxylic acids is 1. The van der Waals surface area contributed by atoms with E-state index in [4.69, 9.17) is 9.84 Å². The minimum absolute atomic E-state index is 0.0411. The second-order valence-electron chi connectivity index (χ2n) is 7.75. The van der Waals surface area contributed by atoms with E-state index in [1.807, 2.05) is 0 Å². The normalized spacial score (nSPS) is 37.3. The fraction of sp³-hybridized carbons (Fsp3) is 0.882. The van der Waals surface area contributed by atoms with Gasteiger partial charge < -0.3 is 20.5 Å². The highest BCUT2D eigenvalue weighted by Gasteiger charge is 2.48. The van der Waals surface area contributed by atoms with E-state index in [9.17, 15) is 9.59 Å². The summed E-state index contributed by atoms with van der Waals surface area (Å²) >= 11 is 0. The van der Waals surface area contributed by atoms with Gasteiger partial charge in [-0.25, -0.2) is 4.79 Å². The Labute approximate surface area is 137 Å². The average Bonchev–Trinajstić information content (AvgIpc) is 3.29. The molecule has 1 aliphatic heterocycles. The van der Waals surface area contributed by atoms with E-state index in [-0.39, 0.29) is 29.5 Å². The van der Waals surface area contributed by atoms with Gasteiger partial charge in [-0.1, -0.05) is 6.92 Å². The van der Waals surface area contributed by atoms with Crippen LogP contribution >= 0.6 is 0 Å². The smallest absolute Gasteiger partial charge is 0.315 e. The third-order valence-electron chi connectivity index (χ3n) is 5.77. The van der Waals surface area contributed by atoms with Gasteiger partial charge in [0.1, 0.15) is 0 Å². The molecule has 0 aromatic rings. The van der Waals surface area contributed by atoms with Crippen LogP contribution in [0.4, 0.5) is 4.79 Å². The number of carbonyl (C=O) groups excluding carboxylic acids is 1. The summed E-state index contributed by atoms with van der Waals surface area (Å²) in [4.78, 5) is 23.1. The molecule has 3 N–H and O–H groups in total. The Bertz CT molecular complexity index is 458. The molecule has 2 atom stereocenters. The molecule has 0 spiro atoms. The van der Waals surface area contributed by atoms with Crippen molar-refractivity contribution < 1.29 is 19.4 Å². The molecule has 0 aromatic heterocycles. The van der Waals surface area contributed by atoms with Crippen molar-refractivity contribution in [3.8, 4) is 0 Å². The summed E-state index contributed by atoms with van der Waals surface area (Å²) in [5.74, 6) is -0.281. The molecule has 0 radical (unpaired) electrons. The van der Waals surface area contributed by atoms with Crippen molar-refractivity contribution >= 4 is 12.0 Å². The quantitative estimate of drug-likeness (QED) is 0.723. The third-order valence-corrected chi connectivity index (χ3v) is 5.77. The number of carboxylic acid groups (broad SMARTS) is 1. The van der Waals surface area contributed by atoms with Crippen molar-refractivity contribution in [2.75, 3.05) is 13.2 Å². The van der Waals surface area contributed by atoms with Crippen LogP contribution in [0.5, 0.6) is 0 Å². The van der Waals surface area contributed by atoms with Crippen molar-refractivity contribution in [1.82, 2.24) is 10.6 Å². The number of amides is 2. The van der Waals surface area contributed by atoms with Crippen molar-refractivity contribution in [1.29, 1.82) is 0 Å². The maximum absolute atomic E-state index is 12.1. The van der Waals surface area contributed by atoms with Gasteiger partial charge in [-0.2, -0.15) is 0 Å². The van der Waals surface area contributed by atoms with Gasteiger partial charge in [0.2, 0.25) is 0 Å². The Hall–Kier alpha value is -1.30. The van der Waals surface area contributed by atoms with Gasteiger partial charge in [-0.3, -0.25) is 4.79 Å². The minimum Gasteiger partial charge on any atom is -0.481 e. The van der Waals surface area contributed by atoms with Crippen LogP contribution in [0.1, 0.15) is 51.9 Å². The number of urea groups is 1. The first-order chi connectivity index (χ1) is 11.0. The molecule has 1 saturated heterocycles. The van der Waals surface area contributed by atoms with Gasteiger partial charge in [-0.05, 0) is 50.9 Å². The Kier molecular flexibility index (Phi) is 4.80. The Morgan fingerprint density at radius 3 is 2.48 bits per heavy atom. The van der Waals surface area contributed by atoms with E-state index in [1.165, 1.54) is 12.8 Å². The zero-order chi connectivity index (χ0) is 16.4. The predicted molar refractivity (Wildman–Crippen MR) is 85.1 cm³/mol. The summed E-state index contributed by atoms with van der Waals surface area (Å²) in [7, 11) is 0.